The fourth-order valence-corrected chi connectivity index (χ4v) is 3.52. The van der Waals surface area contributed by atoms with E-state index < -0.39 is 0 Å². The van der Waals surface area contributed by atoms with E-state index in [2.05, 4.69) is 32.9 Å². The van der Waals surface area contributed by atoms with Gasteiger partial charge in [-0.05, 0) is 45.7 Å². The number of rotatable bonds is 5. The Morgan fingerprint density at radius 1 is 1.10 bits per heavy atom. The predicted octanol–water partition coefficient (Wildman–Crippen LogP) is 3.03. The van der Waals surface area contributed by atoms with Gasteiger partial charge < -0.3 is 14.8 Å². The van der Waals surface area contributed by atoms with Crippen molar-refractivity contribution < 1.29 is 0 Å². The smallest absolute Gasteiger partial charge is 0.203 e. The van der Waals surface area contributed by atoms with Crippen molar-refractivity contribution in [3.05, 3.63) is 11.9 Å². The first kappa shape index (κ1) is 13.9. The maximum Gasteiger partial charge on any atom is 0.203 e. The summed E-state index contributed by atoms with van der Waals surface area (Å²) in [6, 6.07) is 0.635. The molecule has 2 heterocycles. The van der Waals surface area contributed by atoms with Crippen LogP contribution >= 0.6 is 0 Å². The van der Waals surface area contributed by atoms with Crippen LogP contribution in [0.2, 0.25) is 0 Å². The van der Waals surface area contributed by atoms with E-state index in [-0.39, 0.29) is 0 Å². The molecule has 4 nitrogen and oxygen atoms in total. The van der Waals surface area contributed by atoms with Crippen molar-refractivity contribution in [2.24, 2.45) is 0 Å². The second-order valence-electron chi connectivity index (χ2n) is 6.43. The summed E-state index contributed by atoms with van der Waals surface area (Å²) in [5.41, 5.74) is 1.13. The lowest BCUT2D eigenvalue weighted by Crippen LogP contribution is -2.27. The summed E-state index contributed by atoms with van der Waals surface area (Å²) in [5, 5.41) is 3.68. The van der Waals surface area contributed by atoms with Gasteiger partial charge in [0, 0.05) is 25.3 Å². The van der Waals surface area contributed by atoms with Gasteiger partial charge in [-0.3, -0.25) is 0 Å². The van der Waals surface area contributed by atoms with Gasteiger partial charge in [0.05, 0.1) is 5.69 Å². The molecule has 1 saturated carbocycles. The number of imidazole rings is 1. The summed E-state index contributed by atoms with van der Waals surface area (Å²) in [6.07, 6.45) is 11.7. The lowest BCUT2D eigenvalue weighted by atomic mass is 9.96. The second kappa shape index (κ2) is 6.61. The largest absolute Gasteiger partial charge is 0.353 e. The number of hydrogen-bond acceptors (Lipinski definition) is 3. The summed E-state index contributed by atoms with van der Waals surface area (Å²) >= 11 is 0. The summed E-state index contributed by atoms with van der Waals surface area (Å²) in [4.78, 5) is 7.25. The first-order valence-corrected chi connectivity index (χ1v) is 8.34. The molecule has 1 aliphatic heterocycles. The Labute approximate surface area is 122 Å². The zero-order chi connectivity index (χ0) is 13.8. The Balaban J connectivity index is 1.58. The van der Waals surface area contributed by atoms with Crippen molar-refractivity contribution in [2.45, 2.75) is 64.5 Å². The lowest BCUT2D eigenvalue weighted by molar-refractivity contribution is 0.323. The topological polar surface area (TPSA) is 33.1 Å². The van der Waals surface area contributed by atoms with Crippen LogP contribution in [0.25, 0.3) is 0 Å². The molecule has 1 saturated heterocycles. The highest BCUT2D eigenvalue weighted by atomic mass is 15.2. The highest BCUT2D eigenvalue weighted by Gasteiger charge is 2.17. The molecule has 4 heteroatoms. The number of nitrogens with zero attached hydrogens (tertiary/aromatic N) is 3. The van der Waals surface area contributed by atoms with Gasteiger partial charge in [0.15, 0.2) is 0 Å². The Morgan fingerprint density at radius 2 is 1.85 bits per heavy atom. The maximum absolute atomic E-state index is 4.68. The minimum Gasteiger partial charge on any atom is -0.353 e. The summed E-state index contributed by atoms with van der Waals surface area (Å²) in [7, 11) is 0. The van der Waals surface area contributed by atoms with Crippen LogP contribution in [0, 0.1) is 6.92 Å². The van der Waals surface area contributed by atoms with Gasteiger partial charge in [-0.25, -0.2) is 4.98 Å². The van der Waals surface area contributed by atoms with Crippen molar-refractivity contribution >= 4 is 5.95 Å². The average molecular weight is 276 g/mol. The molecule has 1 aliphatic carbocycles. The fourth-order valence-electron chi connectivity index (χ4n) is 3.52. The number of hydrogen-bond donors (Lipinski definition) is 1. The van der Waals surface area contributed by atoms with Crippen molar-refractivity contribution in [3.8, 4) is 0 Å². The van der Waals surface area contributed by atoms with Crippen LogP contribution < -0.4 is 5.32 Å². The number of nitrogens with one attached hydrogen (secondary N) is 1. The van der Waals surface area contributed by atoms with Crippen LogP contribution in [0.1, 0.15) is 50.6 Å². The van der Waals surface area contributed by atoms with Gasteiger partial charge in [-0.2, -0.15) is 0 Å². The summed E-state index contributed by atoms with van der Waals surface area (Å²) < 4.78 is 2.32. The third-order valence-corrected chi connectivity index (χ3v) is 4.69. The standard InChI is InChI=1S/C16H28N4/c1-14-13-20(12-11-19-9-5-6-10-19)16(17-14)18-15-7-3-2-4-8-15/h13,15H,2-12H2,1H3,(H,17,18). The van der Waals surface area contributed by atoms with E-state index in [9.17, 15) is 0 Å². The number of likely N-dealkylation sites (tertiary alicyclic amines) is 1. The Morgan fingerprint density at radius 3 is 2.60 bits per heavy atom. The molecule has 0 bridgehead atoms. The molecule has 1 aromatic heterocycles. The van der Waals surface area contributed by atoms with Crippen LogP contribution in [0.15, 0.2) is 6.20 Å². The van der Waals surface area contributed by atoms with Crippen molar-refractivity contribution in [1.29, 1.82) is 0 Å². The van der Waals surface area contributed by atoms with E-state index in [1.165, 1.54) is 58.0 Å². The molecule has 20 heavy (non-hydrogen) atoms. The lowest BCUT2D eigenvalue weighted by Gasteiger charge is -2.24. The van der Waals surface area contributed by atoms with Crippen LogP contribution in [0.5, 0.6) is 0 Å². The van der Waals surface area contributed by atoms with Gasteiger partial charge >= 0.3 is 0 Å². The fraction of sp³-hybridized carbons (Fsp3) is 0.812. The third kappa shape index (κ3) is 3.54. The molecule has 0 spiro atoms. The SMILES string of the molecule is Cc1cn(CCN2CCCC2)c(NC2CCCCC2)n1. The van der Waals surface area contributed by atoms with Crippen molar-refractivity contribution in [3.63, 3.8) is 0 Å². The predicted molar refractivity (Wildman–Crippen MR) is 83.1 cm³/mol. The molecule has 0 aromatic carbocycles. The van der Waals surface area contributed by atoms with Crippen LogP contribution in [-0.4, -0.2) is 40.1 Å². The molecule has 0 unspecified atom stereocenters. The minimum atomic E-state index is 0.635. The Hall–Kier alpha value is -1.03. The Kier molecular flexibility index (Phi) is 4.61. The molecule has 1 aromatic rings. The number of aromatic nitrogens is 2. The second-order valence-corrected chi connectivity index (χ2v) is 6.43. The van der Waals surface area contributed by atoms with Crippen LogP contribution in [0.3, 0.4) is 0 Å². The highest BCUT2D eigenvalue weighted by molar-refractivity contribution is 5.30. The summed E-state index contributed by atoms with van der Waals surface area (Å²) in [6.45, 7) is 6.88. The van der Waals surface area contributed by atoms with E-state index in [0.29, 0.717) is 6.04 Å². The molecule has 0 radical (unpaired) electrons. The highest BCUT2D eigenvalue weighted by Crippen LogP contribution is 2.21. The van der Waals surface area contributed by atoms with Gasteiger partial charge in [0.1, 0.15) is 0 Å². The van der Waals surface area contributed by atoms with Crippen LogP contribution in [-0.2, 0) is 6.54 Å². The van der Waals surface area contributed by atoms with Gasteiger partial charge in [-0.15, -0.1) is 0 Å². The van der Waals surface area contributed by atoms with E-state index >= 15 is 0 Å². The molecular formula is C16H28N4. The summed E-state index contributed by atoms with van der Waals surface area (Å²) in [5.74, 6) is 1.09. The molecule has 3 rings (SSSR count). The van der Waals surface area contributed by atoms with E-state index in [1.54, 1.807) is 0 Å². The molecule has 112 valence electrons. The normalized spacial score (nSPS) is 21.4. The zero-order valence-corrected chi connectivity index (χ0v) is 12.8. The molecule has 0 atom stereocenters. The van der Waals surface area contributed by atoms with Crippen molar-refractivity contribution in [1.82, 2.24) is 14.5 Å². The molecule has 0 amide bonds. The van der Waals surface area contributed by atoms with Gasteiger partial charge in [0.2, 0.25) is 5.95 Å². The quantitative estimate of drug-likeness (QED) is 0.897. The van der Waals surface area contributed by atoms with E-state index in [1.807, 2.05) is 0 Å². The maximum atomic E-state index is 4.68. The molecule has 2 fully saturated rings. The average Bonchev–Trinajstić information content (AvgIpc) is 3.07. The molecular weight excluding hydrogens is 248 g/mol. The van der Waals surface area contributed by atoms with Gasteiger partial charge in [-0.1, -0.05) is 19.3 Å². The van der Waals surface area contributed by atoms with Crippen molar-refractivity contribution in [2.75, 3.05) is 25.0 Å². The van der Waals surface area contributed by atoms with Crippen LogP contribution in [0.4, 0.5) is 5.95 Å². The minimum absolute atomic E-state index is 0.635. The monoisotopic (exact) mass is 276 g/mol. The third-order valence-electron chi connectivity index (χ3n) is 4.69. The van der Waals surface area contributed by atoms with E-state index in [4.69, 9.17) is 0 Å². The van der Waals surface area contributed by atoms with E-state index in [0.717, 1.165) is 24.7 Å². The Bertz CT molecular complexity index is 414. The number of aryl methyl sites for hydroxylation is 1. The molecule has 1 N–H and O–H groups in total. The van der Waals surface area contributed by atoms with Gasteiger partial charge in [0.25, 0.3) is 0 Å². The zero-order valence-electron chi connectivity index (χ0n) is 12.8. The molecule has 2 aliphatic rings. The first-order chi connectivity index (χ1) is 9.81. The number of anilines is 1. The first-order valence-electron chi connectivity index (χ1n) is 8.34.